The van der Waals surface area contributed by atoms with Crippen LogP contribution in [0.4, 0.5) is 11.5 Å². The summed E-state index contributed by atoms with van der Waals surface area (Å²) in [6.07, 6.45) is 5.05. The van der Waals surface area contributed by atoms with E-state index in [1.807, 2.05) is 30.5 Å². The number of hydrogen-bond donors (Lipinski definition) is 1. The molecule has 6 rings (SSSR count). The van der Waals surface area contributed by atoms with Gasteiger partial charge in [0.25, 0.3) is 0 Å². The Morgan fingerprint density at radius 3 is 2.80 bits per heavy atom. The van der Waals surface area contributed by atoms with Crippen molar-refractivity contribution in [2.75, 3.05) is 49.8 Å². The number of hydrogen-bond acceptors (Lipinski definition) is 9. The lowest BCUT2D eigenvalue weighted by molar-refractivity contribution is -0.137. The van der Waals surface area contributed by atoms with E-state index in [1.54, 1.807) is 24.3 Å². The Kier molecular flexibility index (Phi) is 7.43. The maximum absolute atomic E-state index is 11.6. The number of morpholine rings is 1. The highest BCUT2D eigenvalue weighted by Gasteiger charge is 2.21. The topological polar surface area (TPSA) is 96.5 Å². The minimum Gasteiger partial charge on any atom is -0.463 e. The fraction of sp³-hybridized carbons (Fsp3) is 0.267. The summed E-state index contributed by atoms with van der Waals surface area (Å²) in [5.74, 6) is 1.32. The molecule has 4 heterocycles. The number of aromatic amines is 1. The summed E-state index contributed by atoms with van der Waals surface area (Å²) in [5.41, 5.74) is 4.89. The average Bonchev–Trinajstić information content (AvgIpc) is 3.63. The molecule has 1 saturated heterocycles. The van der Waals surface area contributed by atoms with E-state index in [4.69, 9.17) is 19.4 Å². The monoisotopic (exact) mass is 554 g/mol. The second kappa shape index (κ2) is 11.4. The van der Waals surface area contributed by atoms with Crippen molar-refractivity contribution in [1.29, 1.82) is 0 Å². The molecule has 3 aromatic heterocycles. The summed E-state index contributed by atoms with van der Waals surface area (Å²) in [6.45, 7) is 5.86. The van der Waals surface area contributed by atoms with Gasteiger partial charge < -0.3 is 19.3 Å². The van der Waals surface area contributed by atoms with Crippen LogP contribution in [0.25, 0.3) is 38.6 Å². The second-order valence-electron chi connectivity index (χ2n) is 9.57. The zero-order chi connectivity index (χ0) is 27.5. The van der Waals surface area contributed by atoms with Crippen LogP contribution in [0.3, 0.4) is 0 Å². The number of aromatic nitrogens is 4. The molecule has 1 N–H and O–H groups in total. The Morgan fingerprint density at radius 1 is 1.18 bits per heavy atom. The average molecular weight is 555 g/mol. The number of nitrogens with one attached hydrogen (secondary N) is 1. The summed E-state index contributed by atoms with van der Waals surface area (Å²) in [5, 5.41) is 8.27. The first-order chi connectivity index (χ1) is 19.6. The molecule has 10 heteroatoms. The Morgan fingerprint density at radius 2 is 2.00 bits per heavy atom. The van der Waals surface area contributed by atoms with Crippen LogP contribution in [0, 0.1) is 0 Å². The van der Waals surface area contributed by atoms with Crippen molar-refractivity contribution in [3.8, 4) is 11.4 Å². The number of thiophene rings is 1. The molecule has 0 radical (unpaired) electrons. The first-order valence-electron chi connectivity index (χ1n) is 13.3. The minimum absolute atomic E-state index is 0.336. The Hall–Kier alpha value is -4.28. The Labute approximate surface area is 236 Å². The van der Waals surface area contributed by atoms with Gasteiger partial charge in [-0.3, -0.25) is 5.10 Å². The quantitative estimate of drug-likeness (QED) is 0.204. The molecule has 5 aromatic rings. The molecule has 0 bridgehead atoms. The molecule has 0 spiro atoms. The van der Waals surface area contributed by atoms with E-state index in [-0.39, 0.29) is 5.97 Å². The lowest BCUT2D eigenvalue weighted by atomic mass is 10.1. The number of nitrogens with zero attached hydrogens (tertiary/aromatic N) is 5. The van der Waals surface area contributed by atoms with Crippen LogP contribution in [-0.4, -0.2) is 66.1 Å². The minimum atomic E-state index is -0.336. The molecule has 0 amide bonds. The van der Waals surface area contributed by atoms with Crippen LogP contribution >= 0.6 is 11.3 Å². The van der Waals surface area contributed by atoms with Gasteiger partial charge in [-0.2, -0.15) is 5.10 Å². The van der Waals surface area contributed by atoms with Crippen LogP contribution in [0.5, 0.6) is 0 Å². The van der Waals surface area contributed by atoms with Crippen molar-refractivity contribution < 1.29 is 14.3 Å². The Balaban J connectivity index is 1.30. The number of benzene rings is 2. The molecular weight excluding hydrogens is 524 g/mol. The van der Waals surface area contributed by atoms with Gasteiger partial charge in [-0.1, -0.05) is 24.3 Å². The van der Waals surface area contributed by atoms with Crippen molar-refractivity contribution in [3.05, 3.63) is 71.2 Å². The number of fused-ring (bicyclic) bond motifs is 2. The highest BCUT2D eigenvalue weighted by molar-refractivity contribution is 7.19. The van der Waals surface area contributed by atoms with Crippen LogP contribution in [0.2, 0.25) is 0 Å². The molecule has 1 fully saturated rings. The van der Waals surface area contributed by atoms with Crippen molar-refractivity contribution in [2.45, 2.75) is 13.5 Å². The van der Waals surface area contributed by atoms with Gasteiger partial charge in [0.2, 0.25) is 0 Å². The molecule has 9 nitrogen and oxygen atoms in total. The van der Waals surface area contributed by atoms with Crippen molar-refractivity contribution >= 4 is 56.0 Å². The van der Waals surface area contributed by atoms with E-state index in [2.05, 4.69) is 51.3 Å². The second-order valence-corrected chi connectivity index (χ2v) is 10.7. The SMILES string of the molecule is CCOC(=O)/C=C/c1ccc(N(C)Cc2cc3nc(-c4cccc5[nH]ncc45)nc(N4CCOCC4)c3s2)cc1. The van der Waals surface area contributed by atoms with Crippen molar-refractivity contribution in [3.63, 3.8) is 0 Å². The van der Waals surface area contributed by atoms with Gasteiger partial charge in [0.05, 0.1) is 48.3 Å². The fourth-order valence-electron chi connectivity index (χ4n) is 4.83. The van der Waals surface area contributed by atoms with Crippen LogP contribution in [-0.2, 0) is 20.8 Å². The molecule has 0 aliphatic carbocycles. The van der Waals surface area contributed by atoms with Gasteiger partial charge in [0.1, 0.15) is 0 Å². The lowest BCUT2D eigenvalue weighted by Crippen LogP contribution is -2.36. The normalized spacial score (nSPS) is 13.9. The summed E-state index contributed by atoms with van der Waals surface area (Å²) in [6, 6.07) is 16.3. The molecule has 2 aromatic carbocycles. The lowest BCUT2D eigenvalue weighted by Gasteiger charge is -2.28. The number of carbonyl (C=O) groups excluding carboxylic acids is 1. The summed E-state index contributed by atoms with van der Waals surface area (Å²) < 4.78 is 11.7. The van der Waals surface area contributed by atoms with E-state index in [0.29, 0.717) is 25.6 Å². The maximum atomic E-state index is 11.6. The number of esters is 1. The van der Waals surface area contributed by atoms with Crippen LogP contribution < -0.4 is 9.80 Å². The third-order valence-electron chi connectivity index (χ3n) is 6.87. The molecule has 0 unspecified atom stereocenters. The summed E-state index contributed by atoms with van der Waals surface area (Å²) in [7, 11) is 2.08. The zero-order valence-corrected chi connectivity index (χ0v) is 23.3. The van der Waals surface area contributed by atoms with Gasteiger partial charge in [-0.15, -0.1) is 11.3 Å². The van der Waals surface area contributed by atoms with E-state index in [9.17, 15) is 4.79 Å². The molecule has 1 aliphatic rings. The highest BCUT2D eigenvalue weighted by atomic mass is 32.1. The smallest absolute Gasteiger partial charge is 0.330 e. The predicted molar refractivity (Wildman–Crippen MR) is 160 cm³/mol. The van der Waals surface area contributed by atoms with Gasteiger partial charge in [0.15, 0.2) is 11.6 Å². The van der Waals surface area contributed by atoms with Crippen molar-refractivity contribution in [2.24, 2.45) is 0 Å². The number of anilines is 2. The highest BCUT2D eigenvalue weighted by Crippen LogP contribution is 2.36. The van der Waals surface area contributed by atoms with Gasteiger partial charge >= 0.3 is 5.97 Å². The van der Waals surface area contributed by atoms with Gasteiger partial charge in [0, 0.05) is 47.7 Å². The largest absolute Gasteiger partial charge is 0.463 e. The van der Waals surface area contributed by atoms with E-state index in [0.717, 1.165) is 63.4 Å². The molecule has 204 valence electrons. The van der Waals surface area contributed by atoms with Gasteiger partial charge in [-0.05, 0) is 42.8 Å². The van der Waals surface area contributed by atoms with E-state index < -0.39 is 0 Å². The molecule has 0 atom stereocenters. The first-order valence-corrected chi connectivity index (χ1v) is 14.1. The molecule has 40 heavy (non-hydrogen) atoms. The zero-order valence-electron chi connectivity index (χ0n) is 22.5. The van der Waals surface area contributed by atoms with Crippen molar-refractivity contribution in [1.82, 2.24) is 20.2 Å². The standard InChI is InChI=1S/C30H30N6O3S/c1-3-39-27(37)12-9-20-7-10-21(11-8-20)35(2)19-22-17-26-28(40-22)30(36-13-15-38-16-14-36)33-29(32-26)23-5-4-6-25-24(23)18-31-34-25/h4-12,17-18H,3,13-16,19H2,1-2H3,(H,31,34)/b12-9+. The summed E-state index contributed by atoms with van der Waals surface area (Å²) >= 11 is 1.74. The number of rotatable bonds is 8. The molecule has 0 saturated carbocycles. The third-order valence-corrected chi connectivity index (χ3v) is 7.97. The molecular formula is C30H30N6O3S. The number of H-pyrrole nitrogens is 1. The molecule has 1 aliphatic heterocycles. The van der Waals surface area contributed by atoms with Gasteiger partial charge in [-0.25, -0.2) is 14.8 Å². The summed E-state index contributed by atoms with van der Waals surface area (Å²) in [4.78, 5) is 27.4. The number of carbonyl (C=O) groups is 1. The third kappa shape index (κ3) is 5.41. The number of ether oxygens (including phenoxy) is 2. The maximum Gasteiger partial charge on any atom is 0.330 e. The predicted octanol–water partition coefficient (Wildman–Crippen LogP) is 5.28. The van der Waals surface area contributed by atoms with E-state index >= 15 is 0 Å². The Bertz CT molecular complexity index is 1670. The first kappa shape index (κ1) is 26.0. The van der Waals surface area contributed by atoms with Crippen LogP contribution in [0.15, 0.2) is 60.8 Å². The van der Waals surface area contributed by atoms with E-state index in [1.165, 1.54) is 11.0 Å². The van der Waals surface area contributed by atoms with Crippen LogP contribution in [0.1, 0.15) is 17.4 Å². The fourth-order valence-corrected chi connectivity index (χ4v) is 6.00.